The maximum atomic E-state index is 5.49. The lowest BCUT2D eigenvalue weighted by atomic mass is 9.91. The van der Waals surface area contributed by atoms with E-state index < -0.39 is 0 Å². The van der Waals surface area contributed by atoms with Crippen LogP contribution in [0.15, 0.2) is 30.3 Å². The van der Waals surface area contributed by atoms with Gasteiger partial charge in [-0.15, -0.1) is 0 Å². The molecule has 1 heteroatoms. The van der Waals surface area contributed by atoms with Crippen LogP contribution >= 0.6 is 0 Å². The lowest BCUT2D eigenvalue weighted by Gasteiger charge is -2.17. The molecule has 0 bridgehead atoms. The second-order valence-electron chi connectivity index (χ2n) is 4.59. The van der Waals surface area contributed by atoms with Crippen LogP contribution < -0.4 is 0 Å². The fourth-order valence-corrected chi connectivity index (χ4v) is 2.21. The first kappa shape index (κ1) is 14.2. The van der Waals surface area contributed by atoms with Gasteiger partial charge in [0.25, 0.3) is 0 Å². The van der Waals surface area contributed by atoms with Crippen molar-refractivity contribution in [2.24, 2.45) is 0 Å². The number of hydrogen-bond donors (Lipinski definition) is 0. The van der Waals surface area contributed by atoms with E-state index in [-0.39, 0.29) is 0 Å². The Balaban J connectivity index is 2.46. The molecular formula is C16H26O. The predicted octanol–water partition coefficient (Wildman–Crippen LogP) is 4.78. The Morgan fingerprint density at radius 2 is 1.76 bits per heavy atom. The Morgan fingerprint density at radius 1 is 1.00 bits per heavy atom. The monoisotopic (exact) mass is 234 g/mol. The largest absolute Gasteiger partial charge is 0.382 e. The second-order valence-corrected chi connectivity index (χ2v) is 4.59. The van der Waals surface area contributed by atoms with Crippen molar-refractivity contribution in [3.05, 3.63) is 35.9 Å². The molecule has 0 aliphatic carbocycles. The standard InChI is InChI=1S/C16H26O/c1-3-5-7-10-16(13-14-17-4-2)15-11-8-6-9-12-15/h6,8-9,11-12,16H,3-5,7,10,13-14H2,1-2H3. The highest BCUT2D eigenvalue weighted by molar-refractivity contribution is 5.19. The van der Waals surface area contributed by atoms with Gasteiger partial charge in [0.15, 0.2) is 0 Å². The third kappa shape index (κ3) is 5.88. The van der Waals surface area contributed by atoms with E-state index in [0.29, 0.717) is 5.92 Å². The van der Waals surface area contributed by atoms with Crippen molar-refractivity contribution in [2.45, 2.75) is 51.9 Å². The van der Waals surface area contributed by atoms with E-state index in [4.69, 9.17) is 4.74 Å². The van der Waals surface area contributed by atoms with Gasteiger partial charge in [-0.3, -0.25) is 0 Å². The molecule has 1 unspecified atom stereocenters. The maximum absolute atomic E-state index is 5.49. The molecular weight excluding hydrogens is 208 g/mol. The van der Waals surface area contributed by atoms with E-state index in [0.717, 1.165) is 19.6 Å². The number of ether oxygens (including phenoxy) is 1. The summed E-state index contributed by atoms with van der Waals surface area (Å²) in [4.78, 5) is 0. The van der Waals surface area contributed by atoms with E-state index in [9.17, 15) is 0 Å². The van der Waals surface area contributed by atoms with Crippen molar-refractivity contribution in [2.75, 3.05) is 13.2 Å². The normalized spacial score (nSPS) is 12.6. The maximum Gasteiger partial charge on any atom is 0.0471 e. The molecule has 0 aromatic heterocycles. The van der Waals surface area contributed by atoms with Crippen LogP contribution in [0.3, 0.4) is 0 Å². The molecule has 0 heterocycles. The van der Waals surface area contributed by atoms with Crippen molar-refractivity contribution >= 4 is 0 Å². The summed E-state index contributed by atoms with van der Waals surface area (Å²) in [5.74, 6) is 0.675. The molecule has 0 radical (unpaired) electrons. The van der Waals surface area contributed by atoms with E-state index >= 15 is 0 Å². The van der Waals surface area contributed by atoms with E-state index in [1.165, 1.54) is 31.2 Å². The zero-order chi connectivity index (χ0) is 12.3. The van der Waals surface area contributed by atoms with Crippen LogP contribution in [0.5, 0.6) is 0 Å². The van der Waals surface area contributed by atoms with Gasteiger partial charge in [-0.1, -0.05) is 56.5 Å². The molecule has 0 aliphatic heterocycles. The Hall–Kier alpha value is -0.820. The molecule has 0 amide bonds. The van der Waals surface area contributed by atoms with Crippen LogP contribution in [0.25, 0.3) is 0 Å². The summed E-state index contributed by atoms with van der Waals surface area (Å²) in [6.07, 6.45) is 6.43. The summed E-state index contributed by atoms with van der Waals surface area (Å²) >= 11 is 0. The third-order valence-electron chi connectivity index (χ3n) is 3.24. The highest BCUT2D eigenvalue weighted by Crippen LogP contribution is 2.25. The molecule has 1 rings (SSSR count). The van der Waals surface area contributed by atoms with E-state index in [1.807, 2.05) is 0 Å². The van der Waals surface area contributed by atoms with Crippen molar-refractivity contribution < 1.29 is 4.74 Å². The van der Waals surface area contributed by atoms with Crippen molar-refractivity contribution in [3.63, 3.8) is 0 Å². The first-order chi connectivity index (χ1) is 8.38. The molecule has 17 heavy (non-hydrogen) atoms. The summed E-state index contributed by atoms with van der Waals surface area (Å²) in [6.45, 7) is 6.05. The number of hydrogen-bond acceptors (Lipinski definition) is 1. The Morgan fingerprint density at radius 3 is 2.41 bits per heavy atom. The summed E-state index contributed by atoms with van der Waals surface area (Å²) in [5.41, 5.74) is 1.48. The number of benzene rings is 1. The first-order valence-electron chi connectivity index (χ1n) is 7.01. The van der Waals surface area contributed by atoms with Crippen LogP contribution in [-0.2, 0) is 4.74 Å². The van der Waals surface area contributed by atoms with Gasteiger partial charge in [0.1, 0.15) is 0 Å². The summed E-state index contributed by atoms with van der Waals surface area (Å²) in [7, 11) is 0. The van der Waals surface area contributed by atoms with Gasteiger partial charge in [0.2, 0.25) is 0 Å². The fraction of sp³-hybridized carbons (Fsp3) is 0.625. The van der Waals surface area contributed by atoms with Gasteiger partial charge < -0.3 is 4.74 Å². The molecule has 1 nitrogen and oxygen atoms in total. The smallest absolute Gasteiger partial charge is 0.0471 e. The minimum atomic E-state index is 0.675. The second kappa shape index (κ2) is 9.23. The van der Waals surface area contributed by atoms with E-state index in [2.05, 4.69) is 44.2 Å². The zero-order valence-corrected chi connectivity index (χ0v) is 11.3. The van der Waals surface area contributed by atoms with Crippen molar-refractivity contribution in [1.29, 1.82) is 0 Å². The topological polar surface area (TPSA) is 9.23 Å². The van der Waals surface area contributed by atoms with Gasteiger partial charge in [-0.25, -0.2) is 0 Å². The number of rotatable bonds is 9. The van der Waals surface area contributed by atoms with Crippen molar-refractivity contribution in [1.82, 2.24) is 0 Å². The van der Waals surface area contributed by atoms with Crippen LogP contribution in [0, 0.1) is 0 Å². The summed E-state index contributed by atoms with van der Waals surface area (Å²) in [5, 5.41) is 0. The Kier molecular flexibility index (Phi) is 7.74. The Labute approximate surface area is 106 Å². The Bertz CT molecular complexity index is 258. The lowest BCUT2D eigenvalue weighted by molar-refractivity contribution is 0.138. The third-order valence-corrected chi connectivity index (χ3v) is 3.24. The molecule has 0 aliphatic rings. The fourth-order valence-electron chi connectivity index (χ4n) is 2.21. The van der Waals surface area contributed by atoms with E-state index in [1.54, 1.807) is 0 Å². The SMILES string of the molecule is CCCCCC(CCOCC)c1ccccc1. The van der Waals surface area contributed by atoms with Gasteiger partial charge in [0.05, 0.1) is 0 Å². The lowest BCUT2D eigenvalue weighted by Crippen LogP contribution is -2.04. The molecule has 1 atom stereocenters. The average Bonchev–Trinajstić information content (AvgIpc) is 2.38. The van der Waals surface area contributed by atoms with Gasteiger partial charge in [0, 0.05) is 13.2 Å². The molecule has 1 aromatic carbocycles. The molecule has 1 aromatic rings. The highest BCUT2D eigenvalue weighted by Gasteiger charge is 2.10. The molecule has 0 N–H and O–H groups in total. The minimum absolute atomic E-state index is 0.675. The molecule has 0 spiro atoms. The molecule has 0 saturated heterocycles. The zero-order valence-electron chi connectivity index (χ0n) is 11.3. The molecule has 96 valence electrons. The first-order valence-corrected chi connectivity index (χ1v) is 7.01. The minimum Gasteiger partial charge on any atom is -0.382 e. The summed E-state index contributed by atoms with van der Waals surface area (Å²) < 4.78 is 5.49. The highest BCUT2D eigenvalue weighted by atomic mass is 16.5. The summed E-state index contributed by atoms with van der Waals surface area (Å²) in [6, 6.07) is 10.9. The molecule has 0 fully saturated rings. The predicted molar refractivity (Wildman–Crippen MR) is 74.4 cm³/mol. The van der Waals surface area contributed by atoms with Crippen molar-refractivity contribution in [3.8, 4) is 0 Å². The van der Waals surface area contributed by atoms with Gasteiger partial charge in [-0.2, -0.15) is 0 Å². The van der Waals surface area contributed by atoms with Gasteiger partial charge in [-0.05, 0) is 31.2 Å². The van der Waals surface area contributed by atoms with Crippen LogP contribution in [-0.4, -0.2) is 13.2 Å². The van der Waals surface area contributed by atoms with Crippen LogP contribution in [0.2, 0.25) is 0 Å². The van der Waals surface area contributed by atoms with Crippen LogP contribution in [0.4, 0.5) is 0 Å². The number of unbranched alkanes of at least 4 members (excludes halogenated alkanes) is 2. The average molecular weight is 234 g/mol. The van der Waals surface area contributed by atoms with Gasteiger partial charge >= 0.3 is 0 Å². The molecule has 0 saturated carbocycles. The van der Waals surface area contributed by atoms with Crippen LogP contribution in [0.1, 0.15) is 57.4 Å². The quantitative estimate of drug-likeness (QED) is 0.559.